The van der Waals surface area contributed by atoms with Crippen LogP contribution in [0.25, 0.3) is 0 Å². The van der Waals surface area contributed by atoms with Crippen molar-refractivity contribution in [3.05, 3.63) is 29.8 Å². The van der Waals surface area contributed by atoms with E-state index in [0.717, 1.165) is 0 Å². The lowest BCUT2D eigenvalue weighted by molar-refractivity contribution is -0.325. The Bertz CT molecular complexity index is 435. The van der Waals surface area contributed by atoms with Crippen LogP contribution in [0.1, 0.15) is 5.56 Å². The molecule has 0 atom stereocenters. The fraction of sp³-hybridized carbons (Fsp3) is 0.333. The summed E-state index contributed by atoms with van der Waals surface area (Å²) < 4.78 is 43.9. The van der Waals surface area contributed by atoms with Crippen molar-refractivity contribution in [3.63, 3.8) is 0 Å². The van der Waals surface area contributed by atoms with Gasteiger partial charge < -0.3 is 4.74 Å². The first kappa shape index (κ1) is 14.7. The maximum absolute atomic E-state index is 11.7. The minimum Gasteiger partial charge on any atom is -0.490 e. The zero-order valence-corrected chi connectivity index (χ0v) is 10.0. The van der Waals surface area contributed by atoms with Crippen molar-refractivity contribution in [2.75, 3.05) is 19.1 Å². The molecule has 98 valence electrons. The van der Waals surface area contributed by atoms with E-state index in [1.54, 1.807) is 24.3 Å². The number of benzene rings is 1. The highest BCUT2D eigenvalue weighted by atomic mass is 35.5. The maximum Gasteiger partial charge on any atom is 0.522 e. The van der Waals surface area contributed by atoms with Gasteiger partial charge in [-0.25, -0.2) is 0 Å². The van der Waals surface area contributed by atoms with E-state index in [-0.39, 0.29) is 12.5 Å². The molecule has 0 aliphatic carbocycles. The molecule has 0 heterocycles. The van der Waals surface area contributed by atoms with Gasteiger partial charge in [0, 0.05) is 0 Å². The zero-order valence-electron chi connectivity index (χ0n) is 9.26. The summed E-state index contributed by atoms with van der Waals surface area (Å²) in [4.78, 5) is 0. The molecule has 0 amide bonds. The Morgan fingerprint density at radius 2 is 1.89 bits per heavy atom. The lowest BCUT2D eigenvalue weighted by atomic mass is 10.2. The smallest absolute Gasteiger partial charge is 0.490 e. The van der Waals surface area contributed by atoms with Gasteiger partial charge >= 0.3 is 6.36 Å². The van der Waals surface area contributed by atoms with E-state index in [1.165, 1.54) is 0 Å². The van der Waals surface area contributed by atoms with E-state index >= 15 is 0 Å². The Kier molecular flexibility index (Phi) is 5.83. The van der Waals surface area contributed by atoms with Gasteiger partial charge in [-0.3, -0.25) is 4.74 Å². The van der Waals surface area contributed by atoms with Crippen molar-refractivity contribution < 1.29 is 22.6 Å². The first-order valence-electron chi connectivity index (χ1n) is 5.00. The third-order valence-electron chi connectivity index (χ3n) is 1.78. The first-order valence-corrected chi connectivity index (χ1v) is 5.54. The van der Waals surface area contributed by atoms with Crippen molar-refractivity contribution in [1.29, 1.82) is 0 Å². The van der Waals surface area contributed by atoms with Crippen LogP contribution >= 0.6 is 11.6 Å². The SMILES string of the molecule is FC(F)(F)OCCOc1ccccc1C#CCCl. The highest BCUT2D eigenvalue weighted by Gasteiger charge is 2.28. The molecule has 0 radical (unpaired) electrons. The number of alkyl halides is 4. The number of hydrogen-bond donors (Lipinski definition) is 0. The molecule has 0 N–H and O–H groups in total. The lowest BCUT2D eigenvalue weighted by Crippen LogP contribution is -2.18. The minimum absolute atomic E-state index is 0.172. The number of ether oxygens (including phenoxy) is 2. The van der Waals surface area contributed by atoms with Crippen LogP contribution < -0.4 is 4.74 Å². The Balaban J connectivity index is 2.52. The third-order valence-corrected chi connectivity index (χ3v) is 1.92. The lowest BCUT2D eigenvalue weighted by Gasteiger charge is -2.10. The molecule has 2 nitrogen and oxygen atoms in total. The summed E-state index contributed by atoms with van der Waals surface area (Å²) in [6, 6.07) is 6.76. The van der Waals surface area contributed by atoms with Gasteiger partial charge in [0.2, 0.25) is 0 Å². The number of hydrogen-bond acceptors (Lipinski definition) is 2. The molecule has 1 aromatic carbocycles. The summed E-state index contributed by atoms with van der Waals surface area (Å²) in [6.45, 7) is -0.778. The summed E-state index contributed by atoms with van der Waals surface area (Å²) in [5.41, 5.74) is 0.574. The Hall–Kier alpha value is -1.38. The molecule has 0 aliphatic rings. The second-order valence-electron chi connectivity index (χ2n) is 3.07. The van der Waals surface area contributed by atoms with Gasteiger partial charge in [-0.1, -0.05) is 24.0 Å². The van der Waals surface area contributed by atoms with Gasteiger partial charge in [-0.15, -0.1) is 24.8 Å². The van der Waals surface area contributed by atoms with Crippen molar-refractivity contribution in [2.24, 2.45) is 0 Å². The molecule has 1 aromatic rings. The van der Waals surface area contributed by atoms with E-state index in [4.69, 9.17) is 16.3 Å². The predicted molar refractivity (Wildman–Crippen MR) is 61.5 cm³/mol. The van der Waals surface area contributed by atoms with Gasteiger partial charge in [-0.2, -0.15) is 0 Å². The minimum atomic E-state index is -4.64. The first-order chi connectivity index (χ1) is 8.53. The van der Waals surface area contributed by atoms with Gasteiger partial charge in [-0.05, 0) is 12.1 Å². The molecule has 0 bridgehead atoms. The Morgan fingerprint density at radius 3 is 2.56 bits per heavy atom. The Morgan fingerprint density at radius 1 is 1.17 bits per heavy atom. The molecule has 0 spiro atoms. The maximum atomic E-state index is 11.7. The van der Waals surface area contributed by atoms with Crippen LogP contribution in [0, 0.1) is 11.8 Å². The second-order valence-corrected chi connectivity index (χ2v) is 3.34. The van der Waals surface area contributed by atoms with Crippen molar-refractivity contribution >= 4 is 11.6 Å². The van der Waals surface area contributed by atoms with Gasteiger partial charge in [0.15, 0.2) is 0 Å². The van der Waals surface area contributed by atoms with E-state index in [1.807, 2.05) is 0 Å². The van der Waals surface area contributed by atoms with Crippen LogP contribution in [0.5, 0.6) is 5.75 Å². The Labute approximate surface area is 108 Å². The van der Waals surface area contributed by atoms with Crippen LogP contribution in [-0.2, 0) is 4.74 Å². The van der Waals surface area contributed by atoms with Crippen LogP contribution in [-0.4, -0.2) is 25.5 Å². The summed E-state index contributed by atoms with van der Waals surface area (Å²) in [7, 11) is 0. The fourth-order valence-corrected chi connectivity index (χ4v) is 1.20. The standard InChI is InChI=1S/C12H10ClF3O2/c13-7-3-5-10-4-1-2-6-11(10)17-8-9-18-12(14,15)16/h1-2,4,6H,7-9H2. The topological polar surface area (TPSA) is 18.5 Å². The highest BCUT2D eigenvalue weighted by Crippen LogP contribution is 2.18. The average molecular weight is 279 g/mol. The van der Waals surface area contributed by atoms with E-state index in [0.29, 0.717) is 11.3 Å². The normalized spacial score (nSPS) is 10.7. The molecule has 0 unspecified atom stereocenters. The molecule has 0 saturated heterocycles. The molecule has 1 rings (SSSR count). The van der Waals surface area contributed by atoms with Crippen molar-refractivity contribution in [1.82, 2.24) is 0 Å². The summed E-state index contributed by atoms with van der Waals surface area (Å²) in [5.74, 6) is 5.97. The largest absolute Gasteiger partial charge is 0.522 e. The monoisotopic (exact) mass is 278 g/mol. The fourth-order valence-electron chi connectivity index (χ4n) is 1.13. The molecule has 0 saturated carbocycles. The predicted octanol–water partition coefficient (Wildman–Crippen LogP) is 3.19. The van der Waals surface area contributed by atoms with E-state index in [9.17, 15) is 13.2 Å². The quantitative estimate of drug-likeness (QED) is 0.478. The van der Waals surface area contributed by atoms with Gasteiger partial charge in [0.1, 0.15) is 12.4 Å². The van der Waals surface area contributed by atoms with Crippen molar-refractivity contribution in [2.45, 2.75) is 6.36 Å². The molecule has 18 heavy (non-hydrogen) atoms. The number of rotatable bonds is 4. The summed E-state index contributed by atoms with van der Waals surface area (Å²) in [5, 5.41) is 0. The number of para-hydroxylation sites is 1. The molecule has 0 aromatic heterocycles. The van der Waals surface area contributed by atoms with Gasteiger partial charge in [0.25, 0.3) is 0 Å². The second kappa shape index (κ2) is 7.14. The summed E-state index contributed by atoms with van der Waals surface area (Å²) in [6.07, 6.45) is -4.64. The van der Waals surface area contributed by atoms with Crippen LogP contribution in [0.4, 0.5) is 13.2 Å². The van der Waals surface area contributed by atoms with Crippen LogP contribution in [0.2, 0.25) is 0 Å². The van der Waals surface area contributed by atoms with Crippen molar-refractivity contribution in [3.8, 4) is 17.6 Å². The molecule has 0 aliphatic heterocycles. The zero-order chi connectivity index (χ0) is 13.4. The number of halogens is 4. The average Bonchev–Trinajstić information content (AvgIpc) is 2.32. The molecule has 0 fully saturated rings. The van der Waals surface area contributed by atoms with E-state index < -0.39 is 13.0 Å². The third kappa shape index (κ3) is 5.80. The summed E-state index contributed by atoms with van der Waals surface area (Å²) >= 11 is 5.42. The van der Waals surface area contributed by atoms with E-state index in [2.05, 4.69) is 16.6 Å². The molecule has 6 heteroatoms. The van der Waals surface area contributed by atoms with Crippen LogP contribution in [0.3, 0.4) is 0 Å². The highest BCUT2D eigenvalue weighted by molar-refractivity contribution is 6.19. The van der Waals surface area contributed by atoms with Crippen LogP contribution in [0.15, 0.2) is 24.3 Å². The molecular weight excluding hydrogens is 269 g/mol. The molecular formula is C12H10ClF3O2. The van der Waals surface area contributed by atoms with Gasteiger partial charge in [0.05, 0.1) is 18.1 Å².